The summed E-state index contributed by atoms with van der Waals surface area (Å²) in [6, 6.07) is 5.08. The number of rotatable bonds is 3. The molecule has 0 heterocycles. The number of hydrogen-bond donors (Lipinski definition) is 2. The highest BCUT2D eigenvalue weighted by Crippen LogP contribution is 2.25. The van der Waals surface area contributed by atoms with E-state index in [9.17, 15) is 18.3 Å². The summed E-state index contributed by atoms with van der Waals surface area (Å²) in [5.41, 5.74) is 5.46. The van der Waals surface area contributed by atoms with Crippen LogP contribution in [0.5, 0.6) is 5.75 Å². The number of aliphatic hydroxyl groups excluding tert-OH is 1. The van der Waals surface area contributed by atoms with Gasteiger partial charge in [-0.1, -0.05) is 12.1 Å². The molecule has 0 saturated heterocycles. The van der Waals surface area contributed by atoms with E-state index < -0.39 is 12.5 Å². The highest BCUT2D eigenvalue weighted by atomic mass is 19.4. The summed E-state index contributed by atoms with van der Waals surface area (Å²) in [7, 11) is 0. The summed E-state index contributed by atoms with van der Waals surface area (Å²) in [6.07, 6.45) is -5.71. The molecule has 1 atom stereocenters. The SMILES string of the molecule is NC[C@@H](O)c1cccc(OC(F)(F)F)c1. The van der Waals surface area contributed by atoms with Crippen molar-refractivity contribution >= 4 is 0 Å². The van der Waals surface area contributed by atoms with Crippen molar-refractivity contribution < 1.29 is 23.0 Å². The second-order valence-corrected chi connectivity index (χ2v) is 2.87. The van der Waals surface area contributed by atoms with E-state index in [2.05, 4.69) is 4.74 Å². The van der Waals surface area contributed by atoms with Crippen LogP contribution in [-0.2, 0) is 0 Å². The molecule has 3 N–H and O–H groups in total. The number of benzene rings is 1. The normalized spacial score (nSPS) is 13.7. The highest BCUT2D eigenvalue weighted by molar-refractivity contribution is 5.30. The quantitative estimate of drug-likeness (QED) is 0.814. The lowest BCUT2D eigenvalue weighted by molar-refractivity contribution is -0.274. The van der Waals surface area contributed by atoms with Gasteiger partial charge in [-0.15, -0.1) is 13.2 Å². The van der Waals surface area contributed by atoms with Crippen molar-refractivity contribution in [3.63, 3.8) is 0 Å². The molecule has 1 aromatic rings. The van der Waals surface area contributed by atoms with Crippen molar-refractivity contribution in [2.24, 2.45) is 5.73 Å². The molecule has 0 aromatic heterocycles. The zero-order valence-electron chi connectivity index (χ0n) is 7.66. The molecule has 0 spiro atoms. The van der Waals surface area contributed by atoms with Gasteiger partial charge in [0, 0.05) is 6.54 Å². The Labute approximate surface area is 84.3 Å². The minimum atomic E-state index is -4.73. The van der Waals surface area contributed by atoms with E-state index in [1.165, 1.54) is 12.1 Å². The van der Waals surface area contributed by atoms with Gasteiger partial charge < -0.3 is 15.6 Å². The molecule has 1 rings (SSSR count). The molecule has 0 saturated carbocycles. The molecule has 0 aliphatic rings. The lowest BCUT2D eigenvalue weighted by Gasteiger charge is -2.12. The number of nitrogens with two attached hydrogens (primary N) is 1. The third kappa shape index (κ3) is 3.77. The van der Waals surface area contributed by atoms with Gasteiger partial charge in [-0.25, -0.2) is 0 Å². The third-order valence-corrected chi connectivity index (χ3v) is 1.70. The van der Waals surface area contributed by atoms with Gasteiger partial charge >= 0.3 is 6.36 Å². The van der Waals surface area contributed by atoms with Crippen molar-refractivity contribution in [3.05, 3.63) is 29.8 Å². The Bertz CT molecular complexity index is 327. The molecule has 0 amide bonds. The van der Waals surface area contributed by atoms with Gasteiger partial charge in [0.2, 0.25) is 0 Å². The van der Waals surface area contributed by atoms with Crippen LogP contribution in [0.2, 0.25) is 0 Å². The molecule has 0 bridgehead atoms. The van der Waals surface area contributed by atoms with Crippen LogP contribution in [-0.4, -0.2) is 18.0 Å². The topological polar surface area (TPSA) is 55.5 Å². The Kier molecular flexibility index (Phi) is 3.54. The zero-order chi connectivity index (χ0) is 11.5. The smallest absolute Gasteiger partial charge is 0.406 e. The van der Waals surface area contributed by atoms with Gasteiger partial charge in [-0.05, 0) is 17.7 Å². The fourth-order valence-electron chi connectivity index (χ4n) is 1.06. The number of alkyl halides is 3. The minimum Gasteiger partial charge on any atom is -0.406 e. The minimum absolute atomic E-state index is 0.0600. The Morgan fingerprint density at radius 1 is 1.40 bits per heavy atom. The molecular weight excluding hydrogens is 211 g/mol. The number of hydrogen-bond acceptors (Lipinski definition) is 3. The van der Waals surface area contributed by atoms with Crippen LogP contribution < -0.4 is 10.5 Å². The van der Waals surface area contributed by atoms with Gasteiger partial charge in [0.25, 0.3) is 0 Å². The molecule has 1 aromatic carbocycles. The molecular formula is C9H10F3NO2. The molecule has 0 aliphatic carbocycles. The molecule has 6 heteroatoms. The van der Waals surface area contributed by atoms with E-state index in [-0.39, 0.29) is 12.3 Å². The monoisotopic (exact) mass is 221 g/mol. The Morgan fingerprint density at radius 2 is 2.07 bits per heavy atom. The first-order chi connectivity index (χ1) is 6.92. The second-order valence-electron chi connectivity index (χ2n) is 2.87. The number of ether oxygens (including phenoxy) is 1. The number of aliphatic hydroxyl groups is 1. The third-order valence-electron chi connectivity index (χ3n) is 1.70. The average molecular weight is 221 g/mol. The fraction of sp³-hybridized carbons (Fsp3) is 0.333. The average Bonchev–Trinajstić information content (AvgIpc) is 2.14. The van der Waals surface area contributed by atoms with Crippen LogP contribution >= 0.6 is 0 Å². The summed E-state index contributed by atoms with van der Waals surface area (Å²) in [4.78, 5) is 0. The Morgan fingerprint density at radius 3 is 2.60 bits per heavy atom. The van der Waals surface area contributed by atoms with Crippen LogP contribution in [0.25, 0.3) is 0 Å². The van der Waals surface area contributed by atoms with Gasteiger partial charge in [0.15, 0.2) is 0 Å². The van der Waals surface area contributed by atoms with E-state index in [1.807, 2.05) is 0 Å². The second kappa shape index (κ2) is 4.50. The van der Waals surface area contributed by atoms with Crippen molar-refractivity contribution in [2.75, 3.05) is 6.54 Å². The van der Waals surface area contributed by atoms with Crippen LogP contribution in [0, 0.1) is 0 Å². The maximum Gasteiger partial charge on any atom is 0.573 e. The lowest BCUT2D eigenvalue weighted by atomic mass is 10.1. The molecule has 3 nitrogen and oxygen atoms in total. The Balaban J connectivity index is 2.83. The van der Waals surface area contributed by atoms with E-state index in [4.69, 9.17) is 5.73 Å². The summed E-state index contributed by atoms with van der Waals surface area (Å²) >= 11 is 0. The van der Waals surface area contributed by atoms with Crippen LogP contribution in [0.4, 0.5) is 13.2 Å². The van der Waals surface area contributed by atoms with Gasteiger partial charge in [-0.3, -0.25) is 0 Å². The highest BCUT2D eigenvalue weighted by Gasteiger charge is 2.31. The molecule has 84 valence electrons. The molecule has 0 radical (unpaired) electrons. The predicted molar refractivity (Wildman–Crippen MR) is 47.1 cm³/mol. The first-order valence-electron chi connectivity index (χ1n) is 4.16. The van der Waals surface area contributed by atoms with Crippen LogP contribution in [0.3, 0.4) is 0 Å². The zero-order valence-corrected chi connectivity index (χ0v) is 7.66. The number of halogens is 3. The largest absolute Gasteiger partial charge is 0.573 e. The molecule has 0 fully saturated rings. The van der Waals surface area contributed by atoms with E-state index in [0.29, 0.717) is 5.56 Å². The molecule has 15 heavy (non-hydrogen) atoms. The lowest BCUT2D eigenvalue weighted by Crippen LogP contribution is -2.17. The maximum atomic E-state index is 11.8. The van der Waals surface area contributed by atoms with Crippen molar-refractivity contribution in [2.45, 2.75) is 12.5 Å². The predicted octanol–water partition coefficient (Wildman–Crippen LogP) is 1.58. The standard InChI is InChI=1S/C9H10F3NO2/c10-9(11,12)15-7-3-1-2-6(4-7)8(14)5-13/h1-4,8,14H,5,13H2/t8-/m1/s1. The van der Waals surface area contributed by atoms with E-state index in [0.717, 1.165) is 12.1 Å². The first kappa shape index (κ1) is 11.8. The van der Waals surface area contributed by atoms with Crippen LogP contribution in [0.1, 0.15) is 11.7 Å². The summed E-state index contributed by atoms with van der Waals surface area (Å²) < 4.78 is 39.2. The molecule has 0 aliphatic heterocycles. The van der Waals surface area contributed by atoms with Gasteiger partial charge in [0.05, 0.1) is 6.10 Å². The van der Waals surface area contributed by atoms with E-state index >= 15 is 0 Å². The van der Waals surface area contributed by atoms with Gasteiger partial charge in [-0.2, -0.15) is 0 Å². The van der Waals surface area contributed by atoms with Crippen molar-refractivity contribution in [3.8, 4) is 5.75 Å². The summed E-state index contributed by atoms with van der Waals surface area (Å²) in [6.45, 7) is -0.0600. The van der Waals surface area contributed by atoms with Gasteiger partial charge in [0.1, 0.15) is 5.75 Å². The fourth-order valence-corrected chi connectivity index (χ4v) is 1.06. The summed E-state index contributed by atoms with van der Waals surface area (Å²) in [5, 5.41) is 9.29. The van der Waals surface area contributed by atoms with Crippen molar-refractivity contribution in [1.29, 1.82) is 0 Å². The Hall–Kier alpha value is -1.27. The van der Waals surface area contributed by atoms with Crippen LogP contribution in [0.15, 0.2) is 24.3 Å². The molecule has 0 unspecified atom stereocenters. The first-order valence-corrected chi connectivity index (χ1v) is 4.16. The summed E-state index contributed by atoms with van der Waals surface area (Å²) in [5.74, 6) is -0.368. The van der Waals surface area contributed by atoms with Crippen molar-refractivity contribution in [1.82, 2.24) is 0 Å². The maximum absolute atomic E-state index is 11.8. The van der Waals surface area contributed by atoms with E-state index in [1.54, 1.807) is 0 Å².